The second-order valence-electron chi connectivity index (χ2n) is 7.58. The molecule has 1 aliphatic rings. The Morgan fingerprint density at radius 1 is 1.09 bits per heavy atom. The lowest BCUT2D eigenvalue weighted by molar-refractivity contribution is 0.247. The fraction of sp³-hybridized carbons (Fsp3) is 0.632. The number of amides is 2. The zero-order valence-corrected chi connectivity index (χ0v) is 14.9. The molecule has 0 saturated carbocycles. The normalized spacial score (nSPS) is 18.5. The highest BCUT2D eigenvalue weighted by Crippen LogP contribution is 2.46. The highest BCUT2D eigenvalue weighted by atomic mass is 16.2. The van der Waals surface area contributed by atoms with Crippen LogP contribution in [0.5, 0.6) is 0 Å². The van der Waals surface area contributed by atoms with Crippen LogP contribution in [0.15, 0.2) is 18.2 Å². The number of carbonyl (C=O) groups is 1. The van der Waals surface area contributed by atoms with Gasteiger partial charge in [0.05, 0.1) is 0 Å². The standard InChI is InChI=1S/C19H30N2O/c1-7-20-17(22)21(8-2)14-9-10-15-16(13-14)19(5,6)12-11-18(15,3)4/h9-10,13H,7-8,11-12H2,1-6H3,(H,20,22). The average molecular weight is 302 g/mol. The first-order chi connectivity index (χ1) is 10.2. The molecule has 0 spiro atoms. The van der Waals surface area contributed by atoms with Gasteiger partial charge in [0.1, 0.15) is 0 Å². The SMILES string of the molecule is CCNC(=O)N(CC)c1ccc2c(c1)C(C)(C)CCC2(C)C. The molecular weight excluding hydrogens is 272 g/mol. The van der Waals surface area contributed by atoms with Crippen molar-refractivity contribution in [3.63, 3.8) is 0 Å². The van der Waals surface area contributed by atoms with Crippen LogP contribution in [0, 0.1) is 0 Å². The summed E-state index contributed by atoms with van der Waals surface area (Å²) in [4.78, 5) is 14.1. The van der Waals surface area contributed by atoms with Gasteiger partial charge >= 0.3 is 6.03 Å². The van der Waals surface area contributed by atoms with E-state index in [0.29, 0.717) is 13.1 Å². The summed E-state index contributed by atoms with van der Waals surface area (Å²) in [7, 11) is 0. The zero-order valence-electron chi connectivity index (χ0n) is 14.9. The van der Waals surface area contributed by atoms with Crippen LogP contribution in [0.1, 0.15) is 65.5 Å². The van der Waals surface area contributed by atoms with Crippen molar-refractivity contribution in [3.05, 3.63) is 29.3 Å². The van der Waals surface area contributed by atoms with E-state index in [2.05, 4.69) is 51.2 Å². The first-order valence-electron chi connectivity index (χ1n) is 8.43. The highest BCUT2D eigenvalue weighted by molar-refractivity contribution is 5.92. The molecule has 0 atom stereocenters. The minimum Gasteiger partial charge on any atom is -0.338 e. The van der Waals surface area contributed by atoms with Gasteiger partial charge in [-0.1, -0.05) is 33.8 Å². The van der Waals surface area contributed by atoms with Gasteiger partial charge in [-0.25, -0.2) is 4.79 Å². The largest absolute Gasteiger partial charge is 0.338 e. The molecule has 0 aromatic heterocycles. The van der Waals surface area contributed by atoms with Gasteiger partial charge in [-0.05, 0) is 60.8 Å². The fourth-order valence-corrected chi connectivity index (χ4v) is 3.43. The molecule has 2 rings (SSSR count). The van der Waals surface area contributed by atoms with Crippen molar-refractivity contribution in [1.29, 1.82) is 0 Å². The van der Waals surface area contributed by atoms with Crippen LogP contribution in [0.3, 0.4) is 0 Å². The second kappa shape index (κ2) is 5.94. The van der Waals surface area contributed by atoms with Crippen molar-refractivity contribution in [2.45, 2.75) is 65.2 Å². The first-order valence-corrected chi connectivity index (χ1v) is 8.43. The van der Waals surface area contributed by atoms with Crippen molar-refractivity contribution in [3.8, 4) is 0 Å². The third-order valence-corrected chi connectivity index (χ3v) is 5.04. The van der Waals surface area contributed by atoms with E-state index in [9.17, 15) is 4.79 Å². The maximum absolute atomic E-state index is 12.2. The monoisotopic (exact) mass is 302 g/mol. The minimum absolute atomic E-state index is 0.0159. The summed E-state index contributed by atoms with van der Waals surface area (Å²) in [6, 6.07) is 6.54. The second-order valence-corrected chi connectivity index (χ2v) is 7.58. The number of hydrogen-bond acceptors (Lipinski definition) is 1. The van der Waals surface area contributed by atoms with Gasteiger partial charge in [-0.15, -0.1) is 0 Å². The highest BCUT2D eigenvalue weighted by Gasteiger charge is 2.37. The molecule has 1 aliphatic carbocycles. The molecule has 1 aromatic carbocycles. The summed E-state index contributed by atoms with van der Waals surface area (Å²) in [6.07, 6.45) is 2.39. The van der Waals surface area contributed by atoms with Gasteiger partial charge in [-0.2, -0.15) is 0 Å². The molecule has 22 heavy (non-hydrogen) atoms. The molecule has 3 nitrogen and oxygen atoms in total. The van der Waals surface area contributed by atoms with Crippen LogP contribution in [-0.4, -0.2) is 19.1 Å². The van der Waals surface area contributed by atoms with Crippen molar-refractivity contribution in [2.24, 2.45) is 0 Å². The van der Waals surface area contributed by atoms with Crippen LogP contribution in [-0.2, 0) is 10.8 Å². The van der Waals surface area contributed by atoms with Gasteiger partial charge in [0, 0.05) is 18.8 Å². The summed E-state index contributed by atoms with van der Waals surface area (Å²) < 4.78 is 0. The number of nitrogens with one attached hydrogen (secondary N) is 1. The first kappa shape index (κ1) is 16.9. The quantitative estimate of drug-likeness (QED) is 0.870. The summed E-state index contributed by atoms with van der Waals surface area (Å²) in [5, 5.41) is 2.90. The molecule has 0 bridgehead atoms. The van der Waals surface area contributed by atoms with Crippen molar-refractivity contribution in [2.75, 3.05) is 18.0 Å². The summed E-state index contributed by atoms with van der Waals surface area (Å²) in [5.41, 5.74) is 4.20. The third kappa shape index (κ3) is 2.99. The Morgan fingerprint density at radius 3 is 2.23 bits per heavy atom. The van der Waals surface area contributed by atoms with Crippen LogP contribution < -0.4 is 10.2 Å². The number of nitrogens with zero attached hydrogens (tertiary/aromatic N) is 1. The predicted octanol–water partition coefficient (Wildman–Crippen LogP) is 4.59. The fourth-order valence-electron chi connectivity index (χ4n) is 3.43. The molecule has 1 N–H and O–H groups in total. The maximum Gasteiger partial charge on any atom is 0.321 e. The smallest absolute Gasteiger partial charge is 0.321 e. The van der Waals surface area contributed by atoms with E-state index in [1.54, 1.807) is 0 Å². The van der Waals surface area contributed by atoms with Crippen molar-refractivity contribution < 1.29 is 4.79 Å². The van der Waals surface area contributed by atoms with E-state index in [1.807, 2.05) is 18.7 Å². The van der Waals surface area contributed by atoms with Gasteiger partial charge in [0.15, 0.2) is 0 Å². The van der Waals surface area contributed by atoms with Crippen LogP contribution in [0.25, 0.3) is 0 Å². The van der Waals surface area contributed by atoms with Crippen molar-refractivity contribution in [1.82, 2.24) is 5.32 Å². The van der Waals surface area contributed by atoms with Crippen LogP contribution in [0.4, 0.5) is 10.5 Å². The molecule has 1 aromatic rings. The minimum atomic E-state index is -0.0159. The molecular formula is C19H30N2O. The topological polar surface area (TPSA) is 32.3 Å². The lowest BCUT2D eigenvalue weighted by Crippen LogP contribution is -2.40. The Labute approximate surface area is 135 Å². The molecule has 0 aliphatic heterocycles. The Balaban J connectivity index is 2.47. The summed E-state index contributed by atoms with van der Waals surface area (Å²) in [5.74, 6) is 0. The summed E-state index contributed by atoms with van der Waals surface area (Å²) >= 11 is 0. The van der Waals surface area contributed by atoms with E-state index in [4.69, 9.17) is 0 Å². The Kier molecular flexibility index (Phi) is 4.55. The molecule has 0 heterocycles. The number of rotatable bonds is 3. The number of anilines is 1. The molecule has 2 amide bonds. The van der Waals surface area contributed by atoms with Gasteiger partial charge in [-0.3, -0.25) is 4.90 Å². The van der Waals surface area contributed by atoms with Crippen molar-refractivity contribution >= 4 is 11.7 Å². The van der Waals surface area contributed by atoms with E-state index >= 15 is 0 Å². The van der Waals surface area contributed by atoms with E-state index in [1.165, 1.54) is 24.0 Å². The average Bonchev–Trinajstić information content (AvgIpc) is 2.45. The van der Waals surface area contributed by atoms with Crippen LogP contribution in [0.2, 0.25) is 0 Å². The predicted molar refractivity (Wildman–Crippen MR) is 93.8 cm³/mol. The molecule has 0 saturated heterocycles. The van der Waals surface area contributed by atoms with E-state index in [-0.39, 0.29) is 16.9 Å². The maximum atomic E-state index is 12.2. The third-order valence-electron chi connectivity index (χ3n) is 5.04. The Hall–Kier alpha value is -1.51. The Morgan fingerprint density at radius 2 is 1.68 bits per heavy atom. The number of benzene rings is 1. The zero-order chi connectivity index (χ0) is 16.5. The lowest BCUT2D eigenvalue weighted by Gasteiger charge is -2.42. The van der Waals surface area contributed by atoms with E-state index in [0.717, 1.165) is 5.69 Å². The lowest BCUT2D eigenvalue weighted by atomic mass is 9.63. The number of carbonyl (C=O) groups excluding carboxylic acids is 1. The van der Waals surface area contributed by atoms with Gasteiger partial charge < -0.3 is 5.32 Å². The molecule has 0 fully saturated rings. The molecule has 0 radical (unpaired) electrons. The Bertz CT molecular complexity index is 561. The number of urea groups is 1. The van der Waals surface area contributed by atoms with Gasteiger partial charge in [0.2, 0.25) is 0 Å². The summed E-state index contributed by atoms with van der Waals surface area (Å²) in [6.45, 7) is 14.6. The molecule has 3 heteroatoms. The molecule has 122 valence electrons. The molecule has 0 unspecified atom stereocenters. The number of fused-ring (bicyclic) bond motifs is 1. The van der Waals surface area contributed by atoms with E-state index < -0.39 is 0 Å². The van der Waals surface area contributed by atoms with Gasteiger partial charge in [0.25, 0.3) is 0 Å². The van der Waals surface area contributed by atoms with Crippen LogP contribution >= 0.6 is 0 Å². The number of hydrogen-bond donors (Lipinski definition) is 1.